The summed E-state index contributed by atoms with van der Waals surface area (Å²) in [7, 11) is 0. The summed E-state index contributed by atoms with van der Waals surface area (Å²) in [5, 5.41) is 2.10. The quantitative estimate of drug-likeness (QED) is 0.179. The Kier molecular flexibility index (Phi) is 7.40. The molecule has 5 aromatic carbocycles. The first kappa shape index (κ1) is 31.3. The molecule has 4 aliphatic rings. The first-order valence-corrected chi connectivity index (χ1v) is 19.6. The first-order valence-electron chi connectivity index (χ1n) is 19.6. The third-order valence-electron chi connectivity index (χ3n) is 12.0. The third kappa shape index (κ3) is 5.29. The van der Waals surface area contributed by atoms with Gasteiger partial charge in [0.05, 0.1) is 5.52 Å². The van der Waals surface area contributed by atoms with Gasteiger partial charge in [-0.25, -0.2) is 4.98 Å². The van der Waals surface area contributed by atoms with Crippen molar-refractivity contribution in [2.24, 2.45) is 0 Å². The van der Waals surface area contributed by atoms with Crippen LogP contribution in [0.4, 0.5) is 17.1 Å². The van der Waals surface area contributed by atoms with Crippen molar-refractivity contribution in [1.82, 2.24) is 4.98 Å². The lowest BCUT2D eigenvalue weighted by Gasteiger charge is -2.28. The Balaban J connectivity index is 1.05. The molecule has 260 valence electrons. The van der Waals surface area contributed by atoms with Gasteiger partial charge in [-0.3, -0.25) is 0 Å². The molecule has 0 saturated heterocycles. The Labute approximate surface area is 316 Å². The molecular weight excluding hydrogens is 657 g/mol. The van der Waals surface area contributed by atoms with E-state index in [1.165, 1.54) is 57.4 Å². The van der Waals surface area contributed by atoms with Crippen molar-refractivity contribution < 1.29 is 4.42 Å². The number of fused-ring (bicyclic) bond motifs is 7. The van der Waals surface area contributed by atoms with E-state index in [0.717, 1.165) is 88.6 Å². The average Bonchev–Trinajstić information content (AvgIpc) is 3.60. The van der Waals surface area contributed by atoms with Gasteiger partial charge in [-0.2, -0.15) is 0 Å². The summed E-state index contributed by atoms with van der Waals surface area (Å²) in [6.45, 7) is 0. The molecule has 0 amide bonds. The molecule has 0 aliphatic heterocycles. The van der Waals surface area contributed by atoms with Crippen LogP contribution in [0.15, 0.2) is 149 Å². The molecule has 7 aromatic rings. The fourth-order valence-corrected chi connectivity index (χ4v) is 9.28. The highest BCUT2D eigenvalue weighted by Crippen LogP contribution is 2.43. The Morgan fingerprint density at radius 2 is 1.39 bits per heavy atom. The highest BCUT2D eigenvalue weighted by Gasteiger charge is 2.22. The number of aromatic nitrogens is 1. The van der Waals surface area contributed by atoms with Crippen molar-refractivity contribution in [3.63, 3.8) is 0 Å². The molecule has 0 N–H and O–H groups in total. The van der Waals surface area contributed by atoms with Gasteiger partial charge in [-0.15, -0.1) is 0 Å². The van der Waals surface area contributed by atoms with E-state index in [-0.39, 0.29) is 0 Å². The lowest BCUT2D eigenvalue weighted by Crippen LogP contribution is -2.11. The zero-order valence-corrected chi connectivity index (χ0v) is 30.3. The molecule has 2 heterocycles. The van der Waals surface area contributed by atoms with Gasteiger partial charge >= 0.3 is 0 Å². The highest BCUT2D eigenvalue weighted by atomic mass is 16.3. The Morgan fingerprint density at radius 3 is 2.33 bits per heavy atom. The normalized spacial score (nSPS) is 16.1. The van der Waals surface area contributed by atoms with E-state index in [2.05, 4.69) is 132 Å². The van der Waals surface area contributed by atoms with Gasteiger partial charge in [0.25, 0.3) is 0 Å². The van der Waals surface area contributed by atoms with Crippen LogP contribution >= 0.6 is 0 Å². The number of allylic oxidation sites excluding steroid dienone is 8. The van der Waals surface area contributed by atoms with E-state index in [9.17, 15) is 0 Å². The second-order valence-electron chi connectivity index (χ2n) is 15.2. The second-order valence-corrected chi connectivity index (χ2v) is 15.2. The summed E-state index contributed by atoms with van der Waals surface area (Å²) in [6, 6.07) is 37.7. The van der Waals surface area contributed by atoms with Crippen LogP contribution in [0.1, 0.15) is 66.3 Å². The topological polar surface area (TPSA) is 29.3 Å². The molecule has 4 aliphatic carbocycles. The number of furan rings is 1. The summed E-state index contributed by atoms with van der Waals surface area (Å²) in [5.74, 6) is 0. The van der Waals surface area contributed by atoms with Crippen molar-refractivity contribution in [3.8, 4) is 11.1 Å². The third-order valence-corrected chi connectivity index (χ3v) is 12.0. The molecule has 3 heteroatoms. The molecule has 0 atom stereocenters. The predicted octanol–water partition coefficient (Wildman–Crippen LogP) is 14.0. The number of nitrogens with zero attached hydrogens (tertiary/aromatic N) is 2. The smallest absolute Gasteiger partial charge is 0.154 e. The maximum absolute atomic E-state index is 6.28. The molecular formula is C51H40N2O. The Hall–Kier alpha value is -6.19. The monoisotopic (exact) mass is 696 g/mol. The molecule has 0 unspecified atom stereocenters. The van der Waals surface area contributed by atoms with Crippen molar-refractivity contribution in [2.75, 3.05) is 4.90 Å². The second kappa shape index (κ2) is 12.7. The van der Waals surface area contributed by atoms with Crippen LogP contribution in [0.2, 0.25) is 0 Å². The zero-order chi connectivity index (χ0) is 35.6. The van der Waals surface area contributed by atoms with Crippen molar-refractivity contribution in [2.45, 2.75) is 51.4 Å². The van der Waals surface area contributed by atoms with Crippen LogP contribution in [0.25, 0.3) is 61.8 Å². The highest BCUT2D eigenvalue weighted by molar-refractivity contribution is 6.06. The van der Waals surface area contributed by atoms with Crippen molar-refractivity contribution >= 4 is 67.8 Å². The van der Waals surface area contributed by atoms with Crippen LogP contribution in [0.3, 0.4) is 0 Å². The van der Waals surface area contributed by atoms with Crippen molar-refractivity contribution in [3.05, 3.63) is 172 Å². The maximum atomic E-state index is 6.28. The van der Waals surface area contributed by atoms with E-state index >= 15 is 0 Å². The van der Waals surface area contributed by atoms with Crippen LogP contribution in [0, 0.1) is 0 Å². The van der Waals surface area contributed by atoms with E-state index in [1.807, 2.05) is 18.2 Å². The number of anilines is 3. The summed E-state index contributed by atoms with van der Waals surface area (Å²) in [6.07, 6.45) is 25.6. The standard InChI is InChI=1S/C51H40N2O/c1-2-11-35-28-36(21-20-33(35)10-1)34-22-24-40(25-23-34)53(42-26-27-48-39(30-42)32-50-51(52-48)46-18-7-8-19-49(46)54-50)41-14-9-13-37(29-41)47-31-38-12-3-4-15-43(38)44-16-5-6-17-45(44)47/h2-3,6-9,11-14,17-19,22-32H,1,4-5,10,15-16,20-21H2. The molecule has 0 saturated carbocycles. The van der Waals surface area contributed by atoms with Gasteiger partial charge in [0.15, 0.2) is 5.58 Å². The van der Waals surface area contributed by atoms with Crippen molar-refractivity contribution in [1.29, 1.82) is 0 Å². The van der Waals surface area contributed by atoms with Gasteiger partial charge in [-0.1, -0.05) is 84.5 Å². The lowest BCUT2D eigenvalue weighted by atomic mass is 9.81. The number of rotatable bonds is 5. The molecule has 0 bridgehead atoms. The number of pyridine rings is 1. The summed E-state index contributed by atoms with van der Waals surface area (Å²) < 4.78 is 6.28. The van der Waals surface area contributed by atoms with Crippen LogP contribution in [0.5, 0.6) is 0 Å². The molecule has 0 spiro atoms. The maximum Gasteiger partial charge on any atom is 0.154 e. The molecule has 11 rings (SSSR count). The van der Waals surface area contributed by atoms with Gasteiger partial charge in [0.1, 0.15) is 11.1 Å². The molecule has 2 aromatic heterocycles. The molecule has 3 nitrogen and oxygen atoms in total. The van der Waals surface area contributed by atoms with Gasteiger partial charge in [0.2, 0.25) is 0 Å². The van der Waals surface area contributed by atoms with Crippen LogP contribution in [-0.4, -0.2) is 4.98 Å². The minimum atomic E-state index is 0.810. The number of hydrogen-bond acceptors (Lipinski definition) is 3. The largest absolute Gasteiger partial charge is 0.454 e. The van der Waals surface area contributed by atoms with Gasteiger partial charge in [-0.05, 0) is 168 Å². The SMILES string of the molecule is C1=CC2=C(CC1)CCC(c1ccc(N(c3cccc(-c4cc5c(c6c4C=CCC6)CCC=C5)c3)c3ccc4nc5c(cc4c3)oc3ccccc35)cc1)=C2. The minimum Gasteiger partial charge on any atom is -0.454 e. The lowest BCUT2D eigenvalue weighted by molar-refractivity contribution is 0.669. The Morgan fingerprint density at radius 1 is 0.574 bits per heavy atom. The van der Waals surface area contributed by atoms with E-state index in [0.29, 0.717) is 0 Å². The van der Waals surface area contributed by atoms with E-state index in [4.69, 9.17) is 9.40 Å². The molecule has 0 radical (unpaired) electrons. The fraction of sp³-hybridized carbons (Fsp3) is 0.157. The number of para-hydroxylation sites is 1. The predicted molar refractivity (Wildman–Crippen MR) is 226 cm³/mol. The average molecular weight is 697 g/mol. The molecule has 0 fully saturated rings. The number of benzene rings is 5. The van der Waals surface area contributed by atoms with Crippen LogP contribution in [-0.2, 0) is 12.8 Å². The van der Waals surface area contributed by atoms with Gasteiger partial charge < -0.3 is 9.32 Å². The van der Waals surface area contributed by atoms with E-state index in [1.54, 1.807) is 11.1 Å². The van der Waals surface area contributed by atoms with E-state index < -0.39 is 0 Å². The molecule has 54 heavy (non-hydrogen) atoms. The first-order chi connectivity index (χ1) is 26.7. The summed E-state index contributed by atoms with van der Waals surface area (Å²) in [5.41, 5.74) is 21.0. The fourth-order valence-electron chi connectivity index (χ4n) is 9.28. The minimum absolute atomic E-state index is 0.810. The Bertz CT molecular complexity index is 2820. The number of hydrogen-bond donors (Lipinski definition) is 0. The van der Waals surface area contributed by atoms with Crippen LogP contribution < -0.4 is 4.90 Å². The summed E-state index contributed by atoms with van der Waals surface area (Å²) in [4.78, 5) is 7.49. The summed E-state index contributed by atoms with van der Waals surface area (Å²) >= 11 is 0. The zero-order valence-electron chi connectivity index (χ0n) is 30.3. The van der Waals surface area contributed by atoms with Gasteiger partial charge in [0, 0.05) is 27.8 Å².